The summed E-state index contributed by atoms with van der Waals surface area (Å²) in [6, 6.07) is 11.3. The molecule has 0 aliphatic carbocycles. The molecule has 0 bridgehead atoms. The Hall–Kier alpha value is -1.86. The van der Waals surface area contributed by atoms with Crippen LogP contribution >= 0.6 is 27.7 Å². The van der Waals surface area contributed by atoms with Crippen molar-refractivity contribution in [3.05, 3.63) is 63.9 Å². The number of fused-ring (bicyclic) bond motifs is 1. The fraction of sp³-hybridized carbons (Fsp3) is 0.222. The molecule has 2 N–H and O–H groups in total. The Bertz CT molecular complexity index is 815. The summed E-state index contributed by atoms with van der Waals surface area (Å²) in [5, 5.41) is 5.48. The lowest BCUT2D eigenvalue weighted by atomic mass is 10.0. The van der Waals surface area contributed by atoms with Crippen LogP contribution in [0.3, 0.4) is 0 Å². The van der Waals surface area contributed by atoms with E-state index in [0.717, 1.165) is 27.1 Å². The summed E-state index contributed by atoms with van der Waals surface area (Å²) in [7, 11) is 0. The van der Waals surface area contributed by atoms with Crippen molar-refractivity contribution in [3.8, 4) is 0 Å². The lowest BCUT2D eigenvalue weighted by Gasteiger charge is -2.26. The summed E-state index contributed by atoms with van der Waals surface area (Å²) in [6.07, 6.45) is 0.729. The fourth-order valence-electron chi connectivity index (χ4n) is 2.65. The second-order valence-corrected chi connectivity index (χ2v) is 7.68. The maximum absolute atomic E-state index is 13.5. The number of amides is 2. The number of nitrogens with one attached hydrogen (secondary N) is 2. The van der Waals surface area contributed by atoms with Crippen LogP contribution in [0.1, 0.15) is 28.4 Å². The highest BCUT2D eigenvalue weighted by Crippen LogP contribution is 2.36. The van der Waals surface area contributed by atoms with Crippen LogP contribution < -0.4 is 10.6 Å². The van der Waals surface area contributed by atoms with Gasteiger partial charge in [-0.25, -0.2) is 4.39 Å². The molecule has 0 fully saturated rings. The van der Waals surface area contributed by atoms with Gasteiger partial charge in [0, 0.05) is 20.7 Å². The number of hydrogen-bond donors (Lipinski definition) is 2. The van der Waals surface area contributed by atoms with E-state index in [2.05, 4.69) is 26.6 Å². The first-order chi connectivity index (χ1) is 12.0. The van der Waals surface area contributed by atoms with Gasteiger partial charge in [-0.3, -0.25) is 9.59 Å². The average Bonchev–Trinajstić information content (AvgIpc) is 2.60. The van der Waals surface area contributed by atoms with Gasteiger partial charge in [0.25, 0.3) is 5.91 Å². The molecule has 0 saturated heterocycles. The van der Waals surface area contributed by atoms with Crippen molar-refractivity contribution >= 4 is 39.5 Å². The minimum Gasteiger partial charge on any atom is -0.348 e. The molecule has 2 aromatic carbocycles. The molecule has 0 spiro atoms. The van der Waals surface area contributed by atoms with Crippen LogP contribution in [0.15, 0.2) is 51.8 Å². The third-order valence-electron chi connectivity index (χ3n) is 3.84. The first-order valence-corrected chi connectivity index (χ1v) is 9.56. The van der Waals surface area contributed by atoms with E-state index in [-0.39, 0.29) is 30.2 Å². The van der Waals surface area contributed by atoms with E-state index in [1.54, 1.807) is 36.0 Å². The Kier molecular flexibility index (Phi) is 5.75. The quantitative estimate of drug-likeness (QED) is 0.789. The molecule has 0 saturated carbocycles. The minimum absolute atomic E-state index is 0.125. The molecule has 1 aliphatic rings. The minimum atomic E-state index is -0.318. The standard InChI is InChI=1S/C18H16BrFN2O2S/c19-12-3-1-2-11(8-12)18(24)21-10-17(23)22-15-6-7-25-16-5-4-13(20)9-14(15)16/h1-5,8-9,15H,6-7,10H2,(H,21,24)(H,22,23). The van der Waals surface area contributed by atoms with E-state index in [4.69, 9.17) is 0 Å². The summed E-state index contributed by atoms with van der Waals surface area (Å²) in [6.45, 7) is -0.125. The summed E-state index contributed by atoms with van der Waals surface area (Å²) >= 11 is 4.96. The van der Waals surface area contributed by atoms with E-state index in [0.29, 0.717) is 5.56 Å². The highest BCUT2D eigenvalue weighted by molar-refractivity contribution is 9.10. The summed E-state index contributed by atoms with van der Waals surface area (Å²) < 4.78 is 14.3. The van der Waals surface area contributed by atoms with Crippen molar-refractivity contribution < 1.29 is 14.0 Å². The van der Waals surface area contributed by atoms with Gasteiger partial charge in [0.15, 0.2) is 0 Å². The van der Waals surface area contributed by atoms with Crippen molar-refractivity contribution in [3.63, 3.8) is 0 Å². The van der Waals surface area contributed by atoms with Crippen LogP contribution in [-0.2, 0) is 4.79 Å². The van der Waals surface area contributed by atoms with Gasteiger partial charge in [-0.2, -0.15) is 0 Å². The molecule has 0 aromatic heterocycles. The van der Waals surface area contributed by atoms with Gasteiger partial charge in [-0.1, -0.05) is 22.0 Å². The Labute approximate surface area is 157 Å². The topological polar surface area (TPSA) is 58.2 Å². The number of carbonyl (C=O) groups excluding carboxylic acids is 2. The van der Waals surface area contributed by atoms with E-state index in [9.17, 15) is 14.0 Å². The Morgan fingerprint density at radius 3 is 2.88 bits per heavy atom. The molecule has 1 unspecified atom stereocenters. The number of halogens is 2. The Morgan fingerprint density at radius 1 is 1.24 bits per heavy atom. The van der Waals surface area contributed by atoms with Gasteiger partial charge < -0.3 is 10.6 Å². The molecule has 1 aliphatic heterocycles. The highest BCUT2D eigenvalue weighted by atomic mass is 79.9. The van der Waals surface area contributed by atoms with Crippen LogP contribution in [0.2, 0.25) is 0 Å². The largest absolute Gasteiger partial charge is 0.348 e. The van der Waals surface area contributed by atoms with Crippen LogP contribution in [0.4, 0.5) is 4.39 Å². The maximum atomic E-state index is 13.5. The van der Waals surface area contributed by atoms with Gasteiger partial charge in [0.1, 0.15) is 5.82 Å². The maximum Gasteiger partial charge on any atom is 0.251 e. The van der Waals surface area contributed by atoms with Gasteiger partial charge in [0.2, 0.25) is 5.91 Å². The lowest BCUT2D eigenvalue weighted by Crippen LogP contribution is -2.39. The number of carbonyl (C=O) groups is 2. The normalized spacial score (nSPS) is 16.0. The predicted molar refractivity (Wildman–Crippen MR) is 99.1 cm³/mol. The van der Waals surface area contributed by atoms with E-state index >= 15 is 0 Å². The van der Waals surface area contributed by atoms with Gasteiger partial charge in [-0.15, -0.1) is 11.8 Å². The molecular formula is C18H16BrFN2O2S. The molecule has 0 radical (unpaired) electrons. The molecule has 4 nitrogen and oxygen atoms in total. The van der Waals surface area contributed by atoms with Crippen LogP contribution in [0.25, 0.3) is 0 Å². The van der Waals surface area contributed by atoms with Crippen molar-refractivity contribution in [2.24, 2.45) is 0 Å². The fourth-order valence-corrected chi connectivity index (χ4v) is 4.16. The first kappa shape index (κ1) is 17.9. The lowest BCUT2D eigenvalue weighted by molar-refractivity contribution is -0.120. The molecule has 7 heteroatoms. The van der Waals surface area contributed by atoms with Crippen LogP contribution in [-0.4, -0.2) is 24.1 Å². The van der Waals surface area contributed by atoms with Crippen molar-refractivity contribution in [2.75, 3.05) is 12.3 Å². The third kappa shape index (κ3) is 4.61. The smallest absolute Gasteiger partial charge is 0.251 e. The zero-order valence-corrected chi connectivity index (χ0v) is 15.6. The van der Waals surface area contributed by atoms with E-state index in [1.807, 2.05) is 6.07 Å². The van der Waals surface area contributed by atoms with Gasteiger partial charge >= 0.3 is 0 Å². The van der Waals surface area contributed by atoms with E-state index < -0.39 is 0 Å². The van der Waals surface area contributed by atoms with Crippen molar-refractivity contribution in [1.29, 1.82) is 0 Å². The first-order valence-electron chi connectivity index (χ1n) is 7.78. The molecule has 130 valence electrons. The highest BCUT2D eigenvalue weighted by Gasteiger charge is 2.23. The van der Waals surface area contributed by atoms with E-state index in [1.165, 1.54) is 12.1 Å². The SMILES string of the molecule is O=C(CNC(=O)c1cccc(Br)c1)NC1CCSc2ccc(F)cc21. The molecule has 3 rings (SSSR count). The Balaban J connectivity index is 1.59. The zero-order valence-electron chi connectivity index (χ0n) is 13.2. The van der Waals surface area contributed by atoms with Crippen molar-refractivity contribution in [2.45, 2.75) is 17.4 Å². The monoisotopic (exact) mass is 422 g/mol. The van der Waals surface area contributed by atoms with Crippen molar-refractivity contribution in [1.82, 2.24) is 10.6 Å². The summed E-state index contributed by atoms with van der Waals surface area (Å²) in [5.74, 6) is -0.0745. The number of thioether (sulfide) groups is 1. The molecule has 2 aromatic rings. The molecule has 25 heavy (non-hydrogen) atoms. The molecule has 2 amide bonds. The summed E-state index contributed by atoms with van der Waals surface area (Å²) in [5.41, 5.74) is 1.27. The number of benzene rings is 2. The van der Waals surface area contributed by atoms with Crippen LogP contribution in [0, 0.1) is 5.82 Å². The zero-order chi connectivity index (χ0) is 17.8. The Morgan fingerprint density at radius 2 is 2.08 bits per heavy atom. The molecule has 1 heterocycles. The van der Waals surface area contributed by atoms with Gasteiger partial charge in [-0.05, 0) is 48.4 Å². The second-order valence-electron chi connectivity index (χ2n) is 5.63. The second kappa shape index (κ2) is 8.01. The van der Waals surface area contributed by atoms with Crippen LogP contribution in [0.5, 0.6) is 0 Å². The molecular weight excluding hydrogens is 407 g/mol. The third-order valence-corrected chi connectivity index (χ3v) is 5.46. The number of rotatable bonds is 4. The summed E-state index contributed by atoms with van der Waals surface area (Å²) in [4.78, 5) is 25.2. The predicted octanol–water partition coefficient (Wildman–Crippen LogP) is 3.67. The number of hydrogen-bond acceptors (Lipinski definition) is 3. The van der Waals surface area contributed by atoms with Gasteiger partial charge in [0.05, 0.1) is 12.6 Å². The average molecular weight is 423 g/mol. The molecule has 1 atom stereocenters.